The van der Waals surface area contributed by atoms with Crippen molar-refractivity contribution in [3.05, 3.63) is 0 Å². The molecule has 2 fully saturated rings. The molecule has 1 aliphatic carbocycles. The quantitative estimate of drug-likeness (QED) is 0.631. The van der Waals surface area contributed by atoms with E-state index in [1.807, 2.05) is 0 Å². The minimum absolute atomic E-state index is 0.00556. The molecule has 1 aliphatic heterocycles. The summed E-state index contributed by atoms with van der Waals surface area (Å²) in [5.41, 5.74) is 0. The molecular weight excluding hydrogens is 168 g/mol. The van der Waals surface area contributed by atoms with Crippen LogP contribution in [0.2, 0.25) is 0 Å². The number of urea groups is 1. The molecule has 0 aromatic carbocycles. The fraction of sp³-hybridized carbons (Fsp3) is 0.778. The fourth-order valence-electron chi connectivity index (χ4n) is 1.57. The second-order valence-corrected chi connectivity index (χ2v) is 3.87. The Morgan fingerprint density at radius 2 is 2.15 bits per heavy atom. The van der Waals surface area contributed by atoms with Gasteiger partial charge in [0.1, 0.15) is 0 Å². The van der Waals surface area contributed by atoms with E-state index in [0.29, 0.717) is 13.1 Å². The zero-order valence-corrected chi connectivity index (χ0v) is 7.82. The van der Waals surface area contributed by atoms with E-state index in [2.05, 4.69) is 0 Å². The highest BCUT2D eigenvalue weighted by Gasteiger charge is 2.33. The van der Waals surface area contributed by atoms with Crippen LogP contribution in [0.15, 0.2) is 0 Å². The highest BCUT2D eigenvalue weighted by Crippen LogP contribution is 2.30. The highest BCUT2D eigenvalue weighted by atomic mass is 16.2. The third kappa shape index (κ3) is 1.66. The molecule has 2 amide bonds. The van der Waals surface area contributed by atoms with Gasteiger partial charge in [0.2, 0.25) is 0 Å². The van der Waals surface area contributed by atoms with Crippen LogP contribution in [0.1, 0.15) is 12.8 Å². The molecule has 0 radical (unpaired) electrons. The predicted molar refractivity (Wildman–Crippen MR) is 47.3 cm³/mol. The molecule has 1 heterocycles. The minimum Gasteiger partial charge on any atom is -0.326 e. The second kappa shape index (κ2) is 3.01. The summed E-state index contributed by atoms with van der Waals surface area (Å²) in [5.74, 6) is 0.502. The first-order chi connectivity index (χ1) is 6.18. The Labute approximate surface area is 77.5 Å². The van der Waals surface area contributed by atoms with Crippen LogP contribution in [0.5, 0.6) is 0 Å². The van der Waals surface area contributed by atoms with Gasteiger partial charge in [0.15, 0.2) is 5.78 Å². The molecule has 1 saturated carbocycles. The lowest BCUT2D eigenvalue weighted by molar-refractivity contribution is -0.120. The zero-order chi connectivity index (χ0) is 9.42. The van der Waals surface area contributed by atoms with Crippen molar-refractivity contribution in [3.63, 3.8) is 0 Å². The van der Waals surface area contributed by atoms with Crippen LogP contribution in [0.4, 0.5) is 4.79 Å². The van der Waals surface area contributed by atoms with Crippen molar-refractivity contribution in [1.82, 2.24) is 9.80 Å². The molecule has 1 saturated heterocycles. The summed E-state index contributed by atoms with van der Waals surface area (Å²) in [6.07, 6.45) is 2.05. The zero-order valence-electron chi connectivity index (χ0n) is 7.82. The number of hydrogen-bond acceptors (Lipinski definition) is 2. The lowest BCUT2D eigenvalue weighted by atomic mass is 10.2. The molecule has 4 heteroatoms. The summed E-state index contributed by atoms with van der Waals surface area (Å²) in [6.45, 7) is 1.78. The maximum absolute atomic E-state index is 11.4. The van der Waals surface area contributed by atoms with Crippen LogP contribution in [0.3, 0.4) is 0 Å². The molecule has 0 aromatic rings. The normalized spacial score (nSPS) is 22.7. The van der Waals surface area contributed by atoms with Crippen molar-refractivity contribution in [2.45, 2.75) is 12.8 Å². The second-order valence-electron chi connectivity index (χ2n) is 3.87. The average Bonchev–Trinajstić information content (AvgIpc) is 2.89. The van der Waals surface area contributed by atoms with E-state index in [9.17, 15) is 9.59 Å². The number of hydrogen-bond donors (Lipinski definition) is 0. The SMILES string of the molecule is CN1CCN(CC(=O)C2CC2)C1=O. The Morgan fingerprint density at radius 3 is 2.62 bits per heavy atom. The lowest BCUT2D eigenvalue weighted by Gasteiger charge is -2.14. The molecular formula is C9H14N2O2. The summed E-state index contributed by atoms with van der Waals surface area (Å²) >= 11 is 0. The molecule has 0 bridgehead atoms. The number of ketones is 1. The Morgan fingerprint density at radius 1 is 1.46 bits per heavy atom. The van der Waals surface area contributed by atoms with Crippen LogP contribution in [-0.4, -0.2) is 48.3 Å². The molecule has 0 atom stereocenters. The van der Waals surface area contributed by atoms with Crippen LogP contribution in [0, 0.1) is 5.92 Å². The number of nitrogens with zero attached hydrogens (tertiary/aromatic N) is 2. The Kier molecular flexibility index (Phi) is 1.98. The van der Waals surface area contributed by atoms with Gasteiger partial charge in [-0.05, 0) is 12.8 Å². The van der Waals surface area contributed by atoms with Crippen molar-refractivity contribution >= 4 is 11.8 Å². The minimum atomic E-state index is -0.00556. The third-order valence-corrected chi connectivity index (χ3v) is 2.68. The van der Waals surface area contributed by atoms with Crippen molar-refractivity contribution in [1.29, 1.82) is 0 Å². The molecule has 2 rings (SSSR count). The van der Waals surface area contributed by atoms with Gasteiger partial charge in [0.25, 0.3) is 0 Å². The number of carbonyl (C=O) groups excluding carboxylic acids is 2. The van der Waals surface area contributed by atoms with E-state index in [-0.39, 0.29) is 17.7 Å². The van der Waals surface area contributed by atoms with Gasteiger partial charge >= 0.3 is 6.03 Å². The molecule has 13 heavy (non-hydrogen) atoms. The van der Waals surface area contributed by atoms with Gasteiger partial charge in [-0.2, -0.15) is 0 Å². The number of amides is 2. The van der Waals surface area contributed by atoms with E-state index in [1.165, 1.54) is 0 Å². The maximum atomic E-state index is 11.4. The maximum Gasteiger partial charge on any atom is 0.320 e. The van der Waals surface area contributed by atoms with E-state index < -0.39 is 0 Å². The van der Waals surface area contributed by atoms with Gasteiger partial charge in [0.05, 0.1) is 6.54 Å². The predicted octanol–water partition coefficient (Wildman–Crippen LogP) is 0.333. The van der Waals surface area contributed by atoms with Gasteiger partial charge < -0.3 is 9.80 Å². The molecule has 2 aliphatic rings. The fourth-order valence-corrected chi connectivity index (χ4v) is 1.57. The van der Waals surface area contributed by atoms with Gasteiger partial charge in [-0.25, -0.2) is 4.79 Å². The van der Waals surface area contributed by atoms with E-state index >= 15 is 0 Å². The van der Waals surface area contributed by atoms with Crippen LogP contribution in [0.25, 0.3) is 0 Å². The largest absolute Gasteiger partial charge is 0.326 e. The van der Waals surface area contributed by atoms with Gasteiger partial charge in [-0.1, -0.05) is 0 Å². The topological polar surface area (TPSA) is 40.6 Å². The van der Waals surface area contributed by atoms with Crippen LogP contribution in [-0.2, 0) is 4.79 Å². The van der Waals surface area contributed by atoms with E-state index in [0.717, 1.165) is 19.4 Å². The third-order valence-electron chi connectivity index (χ3n) is 2.68. The number of Topliss-reactive ketones (excluding diaryl/α,β-unsaturated/α-hetero) is 1. The Balaban J connectivity index is 1.87. The number of carbonyl (C=O) groups is 2. The van der Waals surface area contributed by atoms with Crippen LogP contribution >= 0.6 is 0 Å². The van der Waals surface area contributed by atoms with Crippen molar-refractivity contribution in [2.75, 3.05) is 26.7 Å². The molecule has 0 aromatic heterocycles. The first-order valence-electron chi connectivity index (χ1n) is 4.71. The number of likely N-dealkylation sites (N-methyl/N-ethyl adjacent to an activating group) is 1. The molecule has 0 unspecified atom stereocenters. The van der Waals surface area contributed by atoms with Crippen molar-refractivity contribution < 1.29 is 9.59 Å². The summed E-state index contributed by atoms with van der Waals surface area (Å²) in [5, 5.41) is 0. The van der Waals surface area contributed by atoms with Crippen molar-refractivity contribution in [2.24, 2.45) is 5.92 Å². The first-order valence-corrected chi connectivity index (χ1v) is 4.71. The summed E-state index contributed by atoms with van der Waals surface area (Å²) in [4.78, 5) is 26.1. The lowest BCUT2D eigenvalue weighted by Crippen LogP contribution is -2.34. The number of rotatable bonds is 3. The standard InChI is InChI=1S/C9H14N2O2/c1-10-4-5-11(9(10)13)6-8(12)7-2-3-7/h7H,2-6H2,1H3. The highest BCUT2D eigenvalue weighted by molar-refractivity contribution is 5.89. The van der Waals surface area contributed by atoms with Crippen molar-refractivity contribution in [3.8, 4) is 0 Å². The smallest absolute Gasteiger partial charge is 0.320 e. The van der Waals surface area contributed by atoms with Gasteiger partial charge in [-0.15, -0.1) is 0 Å². The monoisotopic (exact) mass is 182 g/mol. The van der Waals surface area contributed by atoms with E-state index in [4.69, 9.17) is 0 Å². The first kappa shape index (κ1) is 8.53. The molecule has 72 valence electrons. The summed E-state index contributed by atoms with van der Waals surface area (Å²) in [7, 11) is 1.77. The van der Waals surface area contributed by atoms with E-state index in [1.54, 1.807) is 16.8 Å². The summed E-state index contributed by atoms with van der Waals surface area (Å²) in [6, 6.07) is -0.00556. The summed E-state index contributed by atoms with van der Waals surface area (Å²) < 4.78 is 0. The van der Waals surface area contributed by atoms with Gasteiger partial charge in [0, 0.05) is 26.1 Å². The van der Waals surface area contributed by atoms with Crippen LogP contribution < -0.4 is 0 Å². The molecule has 0 N–H and O–H groups in total. The Bertz CT molecular complexity index is 248. The average molecular weight is 182 g/mol. The Hall–Kier alpha value is -1.06. The molecule has 0 spiro atoms. The molecule has 4 nitrogen and oxygen atoms in total. The van der Waals surface area contributed by atoms with Gasteiger partial charge in [-0.3, -0.25) is 4.79 Å².